The lowest BCUT2D eigenvalue weighted by atomic mass is 10.3. The van der Waals surface area contributed by atoms with Crippen LogP contribution in [0.2, 0.25) is 0 Å². The normalized spacial score (nSPS) is 16.6. The van der Waals surface area contributed by atoms with Crippen molar-refractivity contribution < 1.29 is 0 Å². The second-order valence-electron chi connectivity index (χ2n) is 4.11. The summed E-state index contributed by atoms with van der Waals surface area (Å²) < 4.78 is 2.09. The molecule has 90 valence electrons. The van der Waals surface area contributed by atoms with Crippen LogP contribution < -0.4 is 10.6 Å². The lowest BCUT2D eigenvalue weighted by Crippen LogP contribution is -2.33. The smallest absolute Gasteiger partial charge is 0.152 e. The fraction of sp³-hybridized carbons (Fsp3) is 0.417. The van der Waals surface area contributed by atoms with Crippen LogP contribution in [0.1, 0.15) is 5.69 Å². The van der Waals surface area contributed by atoms with Crippen molar-refractivity contribution in [3.8, 4) is 0 Å². The van der Waals surface area contributed by atoms with Gasteiger partial charge in [-0.15, -0.1) is 0 Å². The van der Waals surface area contributed by atoms with Crippen LogP contribution in [-0.2, 0) is 6.54 Å². The molecule has 0 saturated carbocycles. The van der Waals surface area contributed by atoms with Crippen molar-refractivity contribution in [1.29, 1.82) is 0 Å². The van der Waals surface area contributed by atoms with Crippen LogP contribution in [0.4, 0.5) is 5.82 Å². The molecule has 0 amide bonds. The summed E-state index contributed by atoms with van der Waals surface area (Å²) in [7, 11) is 0. The highest BCUT2D eigenvalue weighted by Gasteiger charge is 2.18. The largest absolute Gasteiger partial charge is 0.353 e. The summed E-state index contributed by atoms with van der Waals surface area (Å²) in [5, 5.41) is 0. The lowest BCUT2D eigenvalue weighted by molar-refractivity contribution is 0.826. The molecule has 0 aliphatic carbocycles. The summed E-state index contributed by atoms with van der Waals surface area (Å²) >= 11 is 2.01. The van der Waals surface area contributed by atoms with E-state index in [4.69, 9.17) is 10.7 Å². The zero-order chi connectivity index (χ0) is 11.7. The van der Waals surface area contributed by atoms with E-state index in [0.717, 1.165) is 30.2 Å². The quantitative estimate of drug-likeness (QED) is 0.871. The first kappa shape index (κ1) is 10.9. The topological polar surface area (TPSA) is 46.6 Å². The Balaban J connectivity index is 2.08. The molecule has 0 aromatic carbocycles. The molecule has 1 saturated heterocycles. The van der Waals surface area contributed by atoms with Crippen molar-refractivity contribution in [2.75, 3.05) is 29.5 Å². The van der Waals surface area contributed by atoms with Crippen LogP contribution in [0.3, 0.4) is 0 Å². The molecule has 5 heteroatoms. The summed E-state index contributed by atoms with van der Waals surface area (Å²) in [5.41, 5.74) is 7.98. The highest BCUT2D eigenvalue weighted by Crippen LogP contribution is 2.24. The third-order valence-electron chi connectivity index (χ3n) is 3.11. The molecule has 17 heavy (non-hydrogen) atoms. The molecule has 0 radical (unpaired) electrons. The number of thioether (sulfide) groups is 1. The van der Waals surface area contributed by atoms with Gasteiger partial charge in [0.05, 0.1) is 5.69 Å². The SMILES string of the molecule is NCc1c(N2CCSCC2)nc2ccccn12. The molecule has 3 rings (SSSR count). The fourth-order valence-electron chi connectivity index (χ4n) is 2.25. The van der Waals surface area contributed by atoms with Crippen LogP contribution >= 0.6 is 11.8 Å². The van der Waals surface area contributed by atoms with Crippen LogP contribution in [0.5, 0.6) is 0 Å². The van der Waals surface area contributed by atoms with Crippen molar-refractivity contribution in [1.82, 2.24) is 9.38 Å². The molecular weight excluding hydrogens is 232 g/mol. The monoisotopic (exact) mass is 248 g/mol. The van der Waals surface area contributed by atoms with Crippen molar-refractivity contribution in [3.05, 3.63) is 30.1 Å². The first-order chi connectivity index (χ1) is 8.40. The Bertz CT molecular complexity index is 516. The number of nitrogens with zero attached hydrogens (tertiary/aromatic N) is 3. The summed E-state index contributed by atoms with van der Waals surface area (Å²) in [4.78, 5) is 7.06. The maximum atomic E-state index is 5.88. The molecule has 1 aliphatic rings. The van der Waals surface area contributed by atoms with E-state index in [0.29, 0.717) is 6.54 Å². The van der Waals surface area contributed by atoms with Crippen LogP contribution in [0.15, 0.2) is 24.4 Å². The third-order valence-corrected chi connectivity index (χ3v) is 4.05. The molecule has 4 nitrogen and oxygen atoms in total. The van der Waals surface area contributed by atoms with Gasteiger partial charge in [0.1, 0.15) is 5.65 Å². The third kappa shape index (κ3) is 1.89. The van der Waals surface area contributed by atoms with Crippen molar-refractivity contribution in [3.63, 3.8) is 0 Å². The molecule has 0 atom stereocenters. The summed E-state index contributed by atoms with van der Waals surface area (Å²) in [6.07, 6.45) is 2.03. The minimum absolute atomic E-state index is 0.532. The summed E-state index contributed by atoms with van der Waals surface area (Å²) in [5.74, 6) is 3.43. The zero-order valence-electron chi connectivity index (χ0n) is 9.67. The molecule has 2 N–H and O–H groups in total. The van der Waals surface area contributed by atoms with Gasteiger partial charge in [-0.05, 0) is 12.1 Å². The van der Waals surface area contributed by atoms with Crippen molar-refractivity contribution in [2.45, 2.75) is 6.54 Å². The van der Waals surface area contributed by atoms with Crippen LogP contribution in [0.25, 0.3) is 5.65 Å². The number of rotatable bonds is 2. The van der Waals surface area contributed by atoms with Gasteiger partial charge in [0.25, 0.3) is 0 Å². The molecule has 3 heterocycles. The molecule has 1 fully saturated rings. The average molecular weight is 248 g/mol. The van der Waals surface area contributed by atoms with Gasteiger partial charge < -0.3 is 15.0 Å². The van der Waals surface area contributed by atoms with Crippen molar-refractivity contribution in [2.24, 2.45) is 5.73 Å². The van der Waals surface area contributed by atoms with Crippen molar-refractivity contribution >= 4 is 23.2 Å². The van der Waals surface area contributed by atoms with Gasteiger partial charge in [-0.2, -0.15) is 11.8 Å². The first-order valence-electron chi connectivity index (χ1n) is 5.89. The Morgan fingerprint density at radius 2 is 2.12 bits per heavy atom. The second kappa shape index (κ2) is 4.58. The predicted octanol–water partition coefficient (Wildman–Crippen LogP) is 1.35. The lowest BCUT2D eigenvalue weighted by Gasteiger charge is -2.27. The van der Waals surface area contributed by atoms with Gasteiger partial charge in [0.2, 0.25) is 0 Å². The number of hydrogen-bond donors (Lipinski definition) is 1. The van der Waals surface area contributed by atoms with Gasteiger partial charge in [-0.25, -0.2) is 4.98 Å². The Morgan fingerprint density at radius 3 is 2.88 bits per heavy atom. The minimum Gasteiger partial charge on any atom is -0.353 e. The standard InChI is InChI=1S/C12H16N4S/c13-9-10-12(15-5-7-17-8-6-15)14-11-3-1-2-4-16(10)11/h1-4H,5-9,13H2. The van der Waals surface area contributed by atoms with E-state index in [-0.39, 0.29) is 0 Å². The van der Waals surface area contributed by atoms with Crippen LogP contribution in [0, 0.1) is 0 Å². The molecule has 0 bridgehead atoms. The van der Waals surface area contributed by atoms with Gasteiger partial charge in [0.15, 0.2) is 5.82 Å². The molecule has 2 aromatic heterocycles. The molecular formula is C12H16N4S. The van der Waals surface area contributed by atoms with Gasteiger partial charge in [0, 0.05) is 37.3 Å². The van der Waals surface area contributed by atoms with E-state index in [9.17, 15) is 0 Å². The highest BCUT2D eigenvalue weighted by atomic mass is 32.2. The number of fused-ring (bicyclic) bond motifs is 1. The number of pyridine rings is 1. The van der Waals surface area contributed by atoms with Gasteiger partial charge in [-0.1, -0.05) is 6.07 Å². The summed E-state index contributed by atoms with van der Waals surface area (Å²) in [6.45, 7) is 2.67. The maximum Gasteiger partial charge on any atom is 0.152 e. The Hall–Kier alpha value is -1.20. The zero-order valence-corrected chi connectivity index (χ0v) is 10.5. The molecule has 1 aliphatic heterocycles. The number of imidazole rings is 1. The van der Waals surface area contributed by atoms with E-state index in [1.54, 1.807) is 0 Å². The number of nitrogens with two attached hydrogens (primary N) is 1. The maximum absolute atomic E-state index is 5.88. The molecule has 2 aromatic rings. The van der Waals surface area contributed by atoms with Gasteiger partial charge >= 0.3 is 0 Å². The Labute approximate surface area is 105 Å². The molecule has 0 spiro atoms. The van der Waals surface area contributed by atoms with E-state index < -0.39 is 0 Å². The van der Waals surface area contributed by atoms with E-state index in [1.807, 2.05) is 36.2 Å². The highest BCUT2D eigenvalue weighted by molar-refractivity contribution is 7.99. The fourth-order valence-corrected chi connectivity index (χ4v) is 3.16. The number of hydrogen-bond acceptors (Lipinski definition) is 4. The minimum atomic E-state index is 0.532. The van der Waals surface area contributed by atoms with E-state index in [2.05, 4.69) is 9.30 Å². The Kier molecular flexibility index (Phi) is 2.94. The molecule has 0 unspecified atom stereocenters. The average Bonchev–Trinajstić information content (AvgIpc) is 2.78. The predicted molar refractivity (Wildman–Crippen MR) is 72.6 cm³/mol. The second-order valence-corrected chi connectivity index (χ2v) is 5.34. The van der Waals surface area contributed by atoms with Crippen LogP contribution in [-0.4, -0.2) is 34.0 Å². The summed E-state index contributed by atoms with van der Waals surface area (Å²) in [6, 6.07) is 6.06. The van der Waals surface area contributed by atoms with E-state index >= 15 is 0 Å². The van der Waals surface area contributed by atoms with E-state index in [1.165, 1.54) is 11.5 Å². The number of anilines is 1. The number of aromatic nitrogens is 2. The van der Waals surface area contributed by atoms with Gasteiger partial charge in [-0.3, -0.25) is 0 Å². The Morgan fingerprint density at radius 1 is 1.29 bits per heavy atom. The first-order valence-corrected chi connectivity index (χ1v) is 7.04.